The number of rotatable bonds is 7. The van der Waals surface area contributed by atoms with Crippen LogP contribution in [0, 0.1) is 0 Å². The Labute approximate surface area is 128 Å². The van der Waals surface area contributed by atoms with Gasteiger partial charge in [-0.15, -0.1) is 0 Å². The number of aldehydes is 1. The quantitative estimate of drug-likeness (QED) is 0.443. The Kier molecular flexibility index (Phi) is 5.60. The van der Waals surface area contributed by atoms with Crippen LogP contribution in [-0.2, 0) is 19.1 Å². The van der Waals surface area contributed by atoms with E-state index in [-0.39, 0.29) is 31.8 Å². The zero-order valence-electron chi connectivity index (χ0n) is 12.1. The normalized spacial score (nSPS) is 20.5. The number of primary amides is 1. The number of nitrogens with two attached hydrogens (primary N) is 1. The highest BCUT2D eigenvalue weighted by Gasteiger charge is 2.32. The summed E-state index contributed by atoms with van der Waals surface area (Å²) >= 11 is 0. The molecule has 0 aromatic carbocycles. The SMILES string of the molecule is NC(=O)c1ccc[n+](C2CCC(COC(=O)CCC=O)O2)c1. The molecule has 1 aliphatic rings. The van der Waals surface area contributed by atoms with E-state index in [9.17, 15) is 14.4 Å². The molecule has 1 aromatic rings. The van der Waals surface area contributed by atoms with Gasteiger partial charge in [0.15, 0.2) is 12.4 Å². The number of hydrogen-bond acceptors (Lipinski definition) is 5. The summed E-state index contributed by atoms with van der Waals surface area (Å²) in [5, 5.41) is 0. The van der Waals surface area contributed by atoms with Crippen LogP contribution < -0.4 is 10.3 Å². The Bertz CT molecular complexity index is 561. The van der Waals surface area contributed by atoms with E-state index in [1.165, 1.54) is 0 Å². The van der Waals surface area contributed by atoms with Gasteiger partial charge in [0.1, 0.15) is 18.5 Å². The fourth-order valence-electron chi connectivity index (χ4n) is 2.28. The van der Waals surface area contributed by atoms with Crippen molar-refractivity contribution in [1.82, 2.24) is 0 Å². The minimum Gasteiger partial charge on any atom is -0.463 e. The highest BCUT2D eigenvalue weighted by molar-refractivity contribution is 5.92. The van der Waals surface area contributed by atoms with E-state index in [0.717, 1.165) is 12.8 Å². The smallest absolute Gasteiger partial charge is 0.306 e. The molecule has 2 rings (SSSR count). The molecule has 2 atom stereocenters. The highest BCUT2D eigenvalue weighted by Crippen LogP contribution is 2.24. The molecule has 2 unspecified atom stereocenters. The van der Waals surface area contributed by atoms with E-state index in [0.29, 0.717) is 11.8 Å². The number of aromatic nitrogens is 1. The van der Waals surface area contributed by atoms with Crippen LogP contribution >= 0.6 is 0 Å². The Morgan fingerprint density at radius 3 is 3.00 bits per heavy atom. The van der Waals surface area contributed by atoms with Crippen molar-refractivity contribution in [1.29, 1.82) is 0 Å². The predicted molar refractivity (Wildman–Crippen MR) is 74.6 cm³/mol. The van der Waals surface area contributed by atoms with Crippen molar-refractivity contribution in [3.63, 3.8) is 0 Å². The standard InChI is InChI=1S/C15H18N2O5/c16-15(20)11-3-1-7-17(9-11)13-6-5-12(22-13)10-21-14(19)4-2-8-18/h1,3,7-9,12-13H,2,4-6,10H2,(H-,16,20)/p+1. The van der Waals surface area contributed by atoms with Crippen LogP contribution in [0.2, 0.25) is 0 Å². The minimum atomic E-state index is -0.493. The van der Waals surface area contributed by atoms with Gasteiger partial charge in [-0.25, -0.2) is 0 Å². The summed E-state index contributed by atoms with van der Waals surface area (Å²) in [4.78, 5) is 32.7. The number of hydrogen-bond donors (Lipinski definition) is 1. The summed E-state index contributed by atoms with van der Waals surface area (Å²) in [6.45, 7) is 0.171. The summed E-state index contributed by atoms with van der Waals surface area (Å²) in [7, 11) is 0. The summed E-state index contributed by atoms with van der Waals surface area (Å²) < 4.78 is 12.7. The summed E-state index contributed by atoms with van der Waals surface area (Å²) in [6, 6.07) is 3.37. The van der Waals surface area contributed by atoms with Crippen molar-refractivity contribution >= 4 is 18.2 Å². The predicted octanol–water partition coefficient (Wildman–Crippen LogP) is 0.273. The number of carbonyl (C=O) groups excluding carboxylic acids is 3. The third-order valence-corrected chi connectivity index (χ3v) is 3.42. The molecule has 118 valence electrons. The molecular formula is C15H19N2O5+. The first-order valence-corrected chi connectivity index (χ1v) is 7.15. The fraction of sp³-hybridized carbons (Fsp3) is 0.467. The third kappa shape index (κ3) is 4.36. The second-order valence-corrected chi connectivity index (χ2v) is 5.08. The lowest BCUT2D eigenvalue weighted by Gasteiger charge is -2.11. The summed E-state index contributed by atoms with van der Waals surface area (Å²) in [5.41, 5.74) is 5.67. The van der Waals surface area contributed by atoms with Gasteiger partial charge < -0.3 is 20.0 Å². The average Bonchev–Trinajstić information content (AvgIpc) is 3.00. The molecule has 0 aliphatic carbocycles. The van der Waals surface area contributed by atoms with Crippen molar-refractivity contribution in [3.05, 3.63) is 30.1 Å². The lowest BCUT2D eigenvalue weighted by Crippen LogP contribution is -2.40. The van der Waals surface area contributed by atoms with Crippen molar-refractivity contribution in [3.8, 4) is 0 Å². The van der Waals surface area contributed by atoms with Gasteiger partial charge in [-0.05, 0) is 12.5 Å². The lowest BCUT2D eigenvalue weighted by molar-refractivity contribution is -0.759. The fourth-order valence-corrected chi connectivity index (χ4v) is 2.28. The number of nitrogens with zero attached hydrogens (tertiary/aromatic N) is 1. The van der Waals surface area contributed by atoms with Crippen LogP contribution in [-0.4, -0.2) is 30.9 Å². The van der Waals surface area contributed by atoms with Crippen LogP contribution in [0.5, 0.6) is 0 Å². The number of ether oxygens (including phenoxy) is 2. The van der Waals surface area contributed by atoms with E-state index >= 15 is 0 Å². The zero-order chi connectivity index (χ0) is 15.9. The maximum atomic E-state index is 11.3. The molecule has 0 spiro atoms. The molecule has 1 amide bonds. The van der Waals surface area contributed by atoms with Crippen LogP contribution in [0.25, 0.3) is 0 Å². The molecule has 0 radical (unpaired) electrons. The average molecular weight is 307 g/mol. The first kappa shape index (κ1) is 16.1. The van der Waals surface area contributed by atoms with E-state index in [1.54, 1.807) is 29.1 Å². The van der Waals surface area contributed by atoms with Gasteiger partial charge in [0.05, 0.1) is 12.5 Å². The van der Waals surface area contributed by atoms with Crippen LogP contribution in [0.4, 0.5) is 0 Å². The third-order valence-electron chi connectivity index (χ3n) is 3.42. The molecule has 1 aliphatic heterocycles. The molecule has 0 bridgehead atoms. The molecular weight excluding hydrogens is 288 g/mol. The molecule has 22 heavy (non-hydrogen) atoms. The monoisotopic (exact) mass is 307 g/mol. The Balaban J connectivity index is 1.85. The van der Waals surface area contributed by atoms with Crippen molar-refractivity contribution in [2.45, 2.75) is 38.0 Å². The number of pyridine rings is 1. The van der Waals surface area contributed by atoms with Crippen LogP contribution in [0.3, 0.4) is 0 Å². The van der Waals surface area contributed by atoms with Crippen LogP contribution in [0.1, 0.15) is 42.3 Å². The molecule has 7 nitrogen and oxygen atoms in total. The summed E-state index contributed by atoms with van der Waals surface area (Å²) in [5.74, 6) is -0.893. The first-order valence-electron chi connectivity index (χ1n) is 7.15. The van der Waals surface area contributed by atoms with Crippen molar-refractivity contribution < 1.29 is 28.4 Å². The van der Waals surface area contributed by atoms with Gasteiger partial charge >= 0.3 is 5.97 Å². The van der Waals surface area contributed by atoms with Crippen LogP contribution in [0.15, 0.2) is 24.5 Å². The van der Waals surface area contributed by atoms with E-state index in [1.807, 2.05) is 0 Å². The maximum Gasteiger partial charge on any atom is 0.306 e. The zero-order valence-corrected chi connectivity index (χ0v) is 12.1. The Hall–Kier alpha value is -2.28. The molecule has 1 saturated heterocycles. The second-order valence-electron chi connectivity index (χ2n) is 5.08. The van der Waals surface area contributed by atoms with E-state index in [4.69, 9.17) is 15.2 Å². The Morgan fingerprint density at radius 2 is 2.27 bits per heavy atom. The molecule has 0 saturated carbocycles. The number of carbonyl (C=O) groups is 3. The van der Waals surface area contributed by atoms with E-state index in [2.05, 4.69) is 0 Å². The van der Waals surface area contributed by atoms with Gasteiger partial charge in [-0.3, -0.25) is 9.59 Å². The maximum absolute atomic E-state index is 11.3. The number of amides is 1. The largest absolute Gasteiger partial charge is 0.463 e. The highest BCUT2D eigenvalue weighted by atomic mass is 16.6. The molecule has 1 aromatic heterocycles. The molecule has 2 N–H and O–H groups in total. The topological polar surface area (TPSA) is 99.6 Å². The van der Waals surface area contributed by atoms with Gasteiger partial charge in [0, 0.05) is 18.9 Å². The first-order chi connectivity index (χ1) is 10.6. The van der Waals surface area contributed by atoms with Gasteiger partial charge in [-0.1, -0.05) is 0 Å². The Morgan fingerprint density at radius 1 is 1.45 bits per heavy atom. The molecule has 7 heteroatoms. The van der Waals surface area contributed by atoms with Crippen molar-refractivity contribution in [2.24, 2.45) is 5.73 Å². The van der Waals surface area contributed by atoms with Gasteiger partial charge in [-0.2, -0.15) is 4.57 Å². The van der Waals surface area contributed by atoms with Gasteiger partial charge in [0.25, 0.3) is 12.1 Å². The molecule has 1 fully saturated rings. The second kappa shape index (κ2) is 7.65. The van der Waals surface area contributed by atoms with E-state index < -0.39 is 11.9 Å². The lowest BCUT2D eigenvalue weighted by atomic mass is 10.2. The van der Waals surface area contributed by atoms with Crippen molar-refractivity contribution in [2.75, 3.05) is 6.61 Å². The van der Waals surface area contributed by atoms with Gasteiger partial charge in [0.2, 0.25) is 0 Å². The minimum absolute atomic E-state index is 0.0923. The molecule has 2 heterocycles. The summed E-state index contributed by atoms with van der Waals surface area (Å²) in [6.07, 6.45) is 5.50. The number of esters is 1.